The van der Waals surface area contributed by atoms with Crippen molar-refractivity contribution in [3.05, 3.63) is 0 Å². The summed E-state index contributed by atoms with van der Waals surface area (Å²) in [6.07, 6.45) is -3.37. The predicted molar refractivity (Wildman–Crippen MR) is 46.0 cm³/mol. The Morgan fingerprint density at radius 1 is 1.36 bits per heavy atom. The first-order chi connectivity index (χ1) is 6.31. The summed E-state index contributed by atoms with van der Waals surface area (Å²) in [5.74, 6) is 0.101. The summed E-state index contributed by atoms with van der Waals surface area (Å²) < 4.78 is 39.0. The highest BCUT2D eigenvalue weighted by molar-refractivity contribution is 5.79. The third kappa shape index (κ3) is 9.51. The van der Waals surface area contributed by atoms with Gasteiger partial charge in [0.15, 0.2) is 5.78 Å². The standard InChI is InChI=1S/C9H15F3O2/c1-7(2)3-4-8(13)5-14-6-9(10,11)12/h7H,3-6H2,1-2H3. The van der Waals surface area contributed by atoms with Crippen molar-refractivity contribution in [2.45, 2.75) is 32.9 Å². The Morgan fingerprint density at radius 2 is 1.93 bits per heavy atom. The van der Waals surface area contributed by atoms with Crippen LogP contribution in [0.3, 0.4) is 0 Å². The predicted octanol–water partition coefficient (Wildman–Crippen LogP) is 2.57. The number of ether oxygens (including phenoxy) is 1. The molecule has 0 aliphatic carbocycles. The van der Waals surface area contributed by atoms with E-state index in [1.165, 1.54) is 0 Å². The van der Waals surface area contributed by atoms with Crippen LogP contribution in [-0.2, 0) is 9.53 Å². The van der Waals surface area contributed by atoms with Crippen LogP contribution in [-0.4, -0.2) is 25.2 Å². The molecule has 0 heterocycles. The fraction of sp³-hybridized carbons (Fsp3) is 0.889. The van der Waals surface area contributed by atoms with Gasteiger partial charge >= 0.3 is 6.18 Å². The summed E-state index contributed by atoms with van der Waals surface area (Å²) in [5, 5.41) is 0. The number of carbonyl (C=O) groups excluding carboxylic acids is 1. The molecule has 0 saturated carbocycles. The summed E-state index contributed by atoms with van der Waals surface area (Å²) in [5.41, 5.74) is 0. The molecule has 0 aromatic heterocycles. The van der Waals surface area contributed by atoms with E-state index in [0.717, 1.165) is 0 Å². The Hall–Kier alpha value is -0.580. The minimum atomic E-state index is -4.35. The average molecular weight is 212 g/mol. The Morgan fingerprint density at radius 3 is 2.36 bits per heavy atom. The van der Waals surface area contributed by atoms with E-state index in [-0.39, 0.29) is 12.2 Å². The Labute approximate surface area is 81.4 Å². The second-order valence-electron chi connectivity index (χ2n) is 3.58. The first-order valence-electron chi connectivity index (χ1n) is 4.47. The zero-order valence-corrected chi connectivity index (χ0v) is 8.36. The average Bonchev–Trinajstić information content (AvgIpc) is 1.98. The molecule has 0 spiro atoms. The van der Waals surface area contributed by atoms with Gasteiger partial charge in [0.2, 0.25) is 0 Å². The topological polar surface area (TPSA) is 26.3 Å². The summed E-state index contributed by atoms with van der Waals surface area (Å²) in [6, 6.07) is 0. The molecule has 0 unspecified atom stereocenters. The van der Waals surface area contributed by atoms with E-state index in [1.54, 1.807) is 0 Å². The molecule has 0 saturated heterocycles. The van der Waals surface area contributed by atoms with E-state index in [9.17, 15) is 18.0 Å². The molecule has 84 valence electrons. The fourth-order valence-corrected chi connectivity index (χ4v) is 0.802. The molecule has 0 fully saturated rings. The first kappa shape index (κ1) is 13.4. The lowest BCUT2D eigenvalue weighted by atomic mass is 10.1. The molecule has 0 rings (SSSR count). The molecule has 0 aliphatic heterocycles. The van der Waals surface area contributed by atoms with Crippen LogP contribution in [0.5, 0.6) is 0 Å². The summed E-state index contributed by atoms with van der Waals surface area (Å²) in [4.78, 5) is 10.9. The maximum Gasteiger partial charge on any atom is 0.411 e. The Bertz CT molecular complexity index is 175. The van der Waals surface area contributed by atoms with Gasteiger partial charge in [0.25, 0.3) is 0 Å². The number of halogens is 3. The van der Waals surface area contributed by atoms with Gasteiger partial charge in [0.1, 0.15) is 13.2 Å². The Balaban J connectivity index is 3.46. The van der Waals surface area contributed by atoms with Gasteiger partial charge in [0, 0.05) is 6.42 Å². The zero-order valence-electron chi connectivity index (χ0n) is 8.36. The van der Waals surface area contributed by atoms with Gasteiger partial charge in [-0.05, 0) is 12.3 Å². The maximum absolute atomic E-state index is 11.6. The summed E-state index contributed by atoms with van der Waals surface area (Å²) >= 11 is 0. The molecule has 0 radical (unpaired) electrons. The van der Waals surface area contributed by atoms with Crippen molar-refractivity contribution in [3.8, 4) is 0 Å². The lowest BCUT2D eigenvalue weighted by Gasteiger charge is -2.07. The highest BCUT2D eigenvalue weighted by Crippen LogP contribution is 2.14. The van der Waals surface area contributed by atoms with Crippen LogP contribution in [0.2, 0.25) is 0 Å². The van der Waals surface area contributed by atoms with Crippen molar-refractivity contribution < 1.29 is 22.7 Å². The normalized spacial score (nSPS) is 12.1. The summed E-state index contributed by atoms with van der Waals surface area (Å²) in [7, 11) is 0. The number of rotatable bonds is 6. The third-order valence-corrected chi connectivity index (χ3v) is 1.53. The number of hydrogen-bond donors (Lipinski definition) is 0. The van der Waals surface area contributed by atoms with Crippen molar-refractivity contribution in [2.24, 2.45) is 5.92 Å². The van der Waals surface area contributed by atoms with Gasteiger partial charge in [0.05, 0.1) is 0 Å². The molecule has 0 aliphatic rings. The molecular weight excluding hydrogens is 197 g/mol. The van der Waals surface area contributed by atoms with Gasteiger partial charge in [-0.2, -0.15) is 13.2 Å². The largest absolute Gasteiger partial charge is 0.411 e. The molecule has 0 N–H and O–H groups in total. The number of hydrogen-bond acceptors (Lipinski definition) is 2. The molecule has 0 aromatic carbocycles. The van der Waals surface area contributed by atoms with Crippen molar-refractivity contribution in [2.75, 3.05) is 13.2 Å². The molecule has 0 atom stereocenters. The minimum absolute atomic E-state index is 0.275. The minimum Gasteiger partial charge on any atom is -0.364 e. The molecule has 0 aromatic rings. The molecule has 0 amide bonds. The zero-order chi connectivity index (χ0) is 11.2. The van der Waals surface area contributed by atoms with Gasteiger partial charge in [-0.3, -0.25) is 4.79 Å². The van der Waals surface area contributed by atoms with Crippen LogP contribution in [0.4, 0.5) is 13.2 Å². The van der Waals surface area contributed by atoms with Crippen molar-refractivity contribution >= 4 is 5.78 Å². The lowest BCUT2D eigenvalue weighted by molar-refractivity contribution is -0.175. The van der Waals surface area contributed by atoms with Crippen LogP contribution < -0.4 is 0 Å². The van der Waals surface area contributed by atoms with Gasteiger partial charge in [-0.1, -0.05) is 13.8 Å². The monoisotopic (exact) mass is 212 g/mol. The lowest BCUT2D eigenvalue weighted by Crippen LogP contribution is -2.20. The first-order valence-corrected chi connectivity index (χ1v) is 4.47. The smallest absolute Gasteiger partial charge is 0.364 e. The van der Waals surface area contributed by atoms with Crippen molar-refractivity contribution in [3.63, 3.8) is 0 Å². The van der Waals surface area contributed by atoms with Crippen LogP contribution in [0.1, 0.15) is 26.7 Å². The Kier molecular flexibility index (Phi) is 5.76. The van der Waals surface area contributed by atoms with Crippen LogP contribution in [0.25, 0.3) is 0 Å². The van der Waals surface area contributed by atoms with E-state index in [4.69, 9.17) is 0 Å². The summed E-state index contributed by atoms with van der Waals surface area (Å²) in [6.45, 7) is 2.11. The third-order valence-electron chi connectivity index (χ3n) is 1.53. The highest BCUT2D eigenvalue weighted by Gasteiger charge is 2.27. The second kappa shape index (κ2) is 6.01. The fourth-order valence-electron chi connectivity index (χ4n) is 0.802. The second-order valence-corrected chi connectivity index (χ2v) is 3.58. The van der Waals surface area contributed by atoms with E-state index in [2.05, 4.69) is 4.74 Å². The number of carbonyl (C=O) groups is 1. The molecule has 2 nitrogen and oxygen atoms in total. The number of ketones is 1. The van der Waals surface area contributed by atoms with Crippen molar-refractivity contribution in [1.82, 2.24) is 0 Å². The molecule has 0 bridgehead atoms. The van der Waals surface area contributed by atoms with E-state index >= 15 is 0 Å². The van der Waals surface area contributed by atoms with Gasteiger partial charge in [-0.25, -0.2) is 0 Å². The van der Waals surface area contributed by atoms with Crippen LogP contribution >= 0.6 is 0 Å². The maximum atomic E-state index is 11.6. The van der Waals surface area contributed by atoms with E-state index in [1.807, 2.05) is 13.8 Å². The van der Waals surface area contributed by atoms with Crippen LogP contribution in [0, 0.1) is 5.92 Å². The molecule has 14 heavy (non-hydrogen) atoms. The van der Waals surface area contributed by atoms with Crippen LogP contribution in [0.15, 0.2) is 0 Å². The number of alkyl halides is 3. The van der Waals surface area contributed by atoms with Crippen molar-refractivity contribution in [1.29, 1.82) is 0 Å². The van der Waals surface area contributed by atoms with E-state index in [0.29, 0.717) is 12.3 Å². The van der Waals surface area contributed by atoms with Gasteiger partial charge < -0.3 is 4.74 Å². The van der Waals surface area contributed by atoms with Gasteiger partial charge in [-0.15, -0.1) is 0 Å². The molecular formula is C9H15F3O2. The van der Waals surface area contributed by atoms with E-state index < -0.39 is 19.4 Å². The highest BCUT2D eigenvalue weighted by atomic mass is 19.4. The molecule has 5 heteroatoms. The SMILES string of the molecule is CC(C)CCC(=O)COCC(F)(F)F. The number of Topliss-reactive ketones (excluding diaryl/α,β-unsaturated/α-hetero) is 1. The quantitative estimate of drug-likeness (QED) is 0.676.